The highest BCUT2D eigenvalue weighted by Crippen LogP contribution is 2.26. The highest BCUT2D eigenvalue weighted by molar-refractivity contribution is 7.08. The van der Waals surface area contributed by atoms with Crippen molar-refractivity contribution in [1.29, 1.82) is 0 Å². The van der Waals surface area contributed by atoms with E-state index in [4.69, 9.17) is 4.74 Å². The number of thiophene rings is 1. The zero-order valence-electron chi connectivity index (χ0n) is 15.3. The van der Waals surface area contributed by atoms with Crippen molar-refractivity contribution in [2.24, 2.45) is 0 Å². The molecule has 28 heavy (non-hydrogen) atoms. The monoisotopic (exact) mass is 395 g/mol. The number of carbonyl (C=O) groups excluding carboxylic acids is 1. The van der Waals surface area contributed by atoms with Gasteiger partial charge in [0.25, 0.3) is 11.5 Å². The Hall–Kier alpha value is -2.93. The predicted molar refractivity (Wildman–Crippen MR) is 109 cm³/mol. The average molecular weight is 395 g/mol. The van der Waals surface area contributed by atoms with Crippen molar-refractivity contribution in [2.75, 3.05) is 19.7 Å². The number of para-hydroxylation sites is 1. The fraction of sp³-hybridized carbons (Fsp3) is 0.286. The number of amides is 1. The molecule has 1 aliphatic rings. The van der Waals surface area contributed by atoms with Gasteiger partial charge in [0, 0.05) is 36.0 Å². The molecule has 1 amide bonds. The maximum absolute atomic E-state index is 12.6. The number of hydrogen-bond acceptors (Lipinski definition) is 5. The summed E-state index contributed by atoms with van der Waals surface area (Å²) in [6, 6.07) is 12.8. The van der Waals surface area contributed by atoms with Gasteiger partial charge in [0.05, 0.1) is 5.69 Å². The maximum Gasteiger partial charge on any atom is 0.260 e. The molecule has 3 aromatic rings. The van der Waals surface area contributed by atoms with E-state index in [0.29, 0.717) is 30.4 Å². The molecule has 0 unspecified atom stereocenters. The van der Waals surface area contributed by atoms with E-state index in [-0.39, 0.29) is 24.0 Å². The quantitative estimate of drug-likeness (QED) is 0.719. The lowest BCUT2D eigenvalue weighted by Gasteiger charge is -2.32. The molecular weight excluding hydrogens is 374 g/mol. The van der Waals surface area contributed by atoms with E-state index >= 15 is 0 Å². The van der Waals surface area contributed by atoms with Gasteiger partial charge in [-0.2, -0.15) is 11.3 Å². The number of piperidine rings is 1. The lowest BCUT2D eigenvalue weighted by atomic mass is 9.97. The number of likely N-dealkylation sites (tertiary alicyclic amines) is 1. The van der Waals surface area contributed by atoms with Gasteiger partial charge in [-0.25, -0.2) is 4.98 Å². The van der Waals surface area contributed by atoms with Gasteiger partial charge in [0.15, 0.2) is 6.61 Å². The number of H-pyrrole nitrogens is 1. The summed E-state index contributed by atoms with van der Waals surface area (Å²) in [5, 5.41) is 3.94. The van der Waals surface area contributed by atoms with Crippen LogP contribution in [0.2, 0.25) is 0 Å². The second-order valence-electron chi connectivity index (χ2n) is 6.81. The first kappa shape index (κ1) is 18.4. The van der Waals surface area contributed by atoms with Crippen LogP contribution in [-0.2, 0) is 4.79 Å². The summed E-state index contributed by atoms with van der Waals surface area (Å²) in [5.41, 5.74) is 1.45. The van der Waals surface area contributed by atoms with Crippen LogP contribution in [0.15, 0.2) is 58.0 Å². The average Bonchev–Trinajstić information content (AvgIpc) is 3.27. The summed E-state index contributed by atoms with van der Waals surface area (Å²) >= 11 is 1.57. The third-order valence-corrected chi connectivity index (χ3v) is 5.53. The molecule has 2 aromatic heterocycles. The molecular formula is C21H21N3O3S. The zero-order valence-corrected chi connectivity index (χ0v) is 16.2. The van der Waals surface area contributed by atoms with Crippen LogP contribution in [0.1, 0.15) is 24.6 Å². The molecule has 1 N–H and O–H groups in total. The van der Waals surface area contributed by atoms with E-state index in [1.807, 2.05) is 47.2 Å². The Kier molecular flexibility index (Phi) is 5.53. The van der Waals surface area contributed by atoms with E-state index in [9.17, 15) is 9.59 Å². The fourth-order valence-electron chi connectivity index (χ4n) is 3.41. The summed E-state index contributed by atoms with van der Waals surface area (Å²) in [6.07, 6.45) is 1.76. The third kappa shape index (κ3) is 4.31. The van der Waals surface area contributed by atoms with Gasteiger partial charge < -0.3 is 14.6 Å². The standard InChI is InChI=1S/C21H21N3O3S/c25-19-11-18(16-8-10-28-14-16)22-21(23-19)15-5-4-9-24(12-15)20(26)13-27-17-6-2-1-3-7-17/h1-3,6-8,10-11,14-15H,4-5,9,12-13H2,(H,22,23,25)/t15-/m0/s1. The first-order valence-corrected chi connectivity index (χ1v) is 10.2. The molecule has 0 spiro atoms. The Bertz CT molecular complexity index is 986. The van der Waals surface area contributed by atoms with Gasteiger partial charge in [-0.15, -0.1) is 0 Å². The Balaban J connectivity index is 1.45. The number of nitrogens with zero attached hydrogens (tertiary/aromatic N) is 2. The fourth-order valence-corrected chi connectivity index (χ4v) is 4.06. The van der Waals surface area contributed by atoms with Crippen LogP contribution >= 0.6 is 11.3 Å². The number of aromatic amines is 1. The topological polar surface area (TPSA) is 75.3 Å². The highest BCUT2D eigenvalue weighted by atomic mass is 32.1. The van der Waals surface area contributed by atoms with Crippen molar-refractivity contribution in [3.05, 3.63) is 69.4 Å². The molecule has 0 aliphatic carbocycles. The van der Waals surface area contributed by atoms with Crippen LogP contribution in [-0.4, -0.2) is 40.5 Å². The first-order valence-electron chi connectivity index (χ1n) is 9.28. The van der Waals surface area contributed by atoms with E-state index in [1.165, 1.54) is 6.07 Å². The summed E-state index contributed by atoms with van der Waals surface area (Å²) in [4.78, 5) is 34.0. The van der Waals surface area contributed by atoms with Crippen molar-refractivity contribution in [2.45, 2.75) is 18.8 Å². The zero-order chi connectivity index (χ0) is 19.3. The van der Waals surface area contributed by atoms with Gasteiger partial charge >= 0.3 is 0 Å². The minimum atomic E-state index is -0.165. The molecule has 3 heterocycles. The normalized spacial score (nSPS) is 16.7. The smallest absolute Gasteiger partial charge is 0.260 e. The molecule has 0 saturated carbocycles. The van der Waals surface area contributed by atoms with E-state index in [1.54, 1.807) is 16.2 Å². The first-order chi connectivity index (χ1) is 13.7. The summed E-state index contributed by atoms with van der Waals surface area (Å²) in [7, 11) is 0. The van der Waals surface area contributed by atoms with Crippen LogP contribution in [0.25, 0.3) is 11.3 Å². The van der Waals surface area contributed by atoms with Crippen molar-refractivity contribution in [3.8, 4) is 17.0 Å². The lowest BCUT2D eigenvalue weighted by Crippen LogP contribution is -2.42. The Labute approximate surface area is 166 Å². The van der Waals surface area contributed by atoms with Gasteiger partial charge in [0.2, 0.25) is 0 Å². The molecule has 1 aromatic carbocycles. The van der Waals surface area contributed by atoms with Crippen molar-refractivity contribution >= 4 is 17.2 Å². The minimum Gasteiger partial charge on any atom is -0.484 e. The third-order valence-electron chi connectivity index (χ3n) is 4.84. The minimum absolute atomic E-state index is 0.00955. The van der Waals surface area contributed by atoms with E-state index in [0.717, 1.165) is 18.4 Å². The molecule has 1 fully saturated rings. The summed E-state index contributed by atoms with van der Waals surface area (Å²) < 4.78 is 5.59. The summed E-state index contributed by atoms with van der Waals surface area (Å²) in [6.45, 7) is 1.24. The molecule has 7 heteroatoms. The van der Waals surface area contributed by atoms with Gasteiger partial charge in [-0.05, 0) is 36.4 Å². The van der Waals surface area contributed by atoms with Gasteiger partial charge in [-0.1, -0.05) is 18.2 Å². The van der Waals surface area contributed by atoms with E-state index in [2.05, 4.69) is 9.97 Å². The van der Waals surface area contributed by atoms with Gasteiger partial charge in [-0.3, -0.25) is 9.59 Å². The molecule has 1 saturated heterocycles. The number of rotatable bonds is 5. The Morgan fingerprint density at radius 1 is 1.29 bits per heavy atom. The number of carbonyl (C=O) groups is 1. The Morgan fingerprint density at radius 3 is 2.93 bits per heavy atom. The SMILES string of the molecule is O=C(COc1ccccc1)N1CCC[C@H](c2nc(-c3ccsc3)cc(=O)[nH]2)C1. The maximum atomic E-state index is 12.6. The second kappa shape index (κ2) is 8.39. The number of aromatic nitrogens is 2. The number of ether oxygens (including phenoxy) is 1. The van der Waals surface area contributed by atoms with Crippen LogP contribution in [0.3, 0.4) is 0 Å². The van der Waals surface area contributed by atoms with Crippen LogP contribution in [0, 0.1) is 0 Å². The highest BCUT2D eigenvalue weighted by Gasteiger charge is 2.27. The molecule has 6 nitrogen and oxygen atoms in total. The summed E-state index contributed by atoms with van der Waals surface area (Å²) in [5.74, 6) is 1.29. The second-order valence-corrected chi connectivity index (χ2v) is 7.59. The van der Waals surface area contributed by atoms with Crippen molar-refractivity contribution < 1.29 is 9.53 Å². The molecule has 1 atom stereocenters. The largest absolute Gasteiger partial charge is 0.484 e. The number of hydrogen-bond donors (Lipinski definition) is 1. The van der Waals surface area contributed by atoms with Crippen LogP contribution < -0.4 is 10.3 Å². The number of benzene rings is 1. The molecule has 0 radical (unpaired) electrons. The van der Waals surface area contributed by atoms with Crippen LogP contribution in [0.5, 0.6) is 5.75 Å². The Morgan fingerprint density at radius 2 is 2.14 bits per heavy atom. The lowest BCUT2D eigenvalue weighted by molar-refractivity contribution is -0.134. The molecule has 0 bridgehead atoms. The molecule has 1 aliphatic heterocycles. The molecule has 144 valence electrons. The van der Waals surface area contributed by atoms with Gasteiger partial charge in [0.1, 0.15) is 11.6 Å². The van der Waals surface area contributed by atoms with E-state index < -0.39 is 0 Å². The van der Waals surface area contributed by atoms with Crippen LogP contribution in [0.4, 0.5) is 0 Å². The number of nitrogens with one attached hydrogen (secondary N) is 1. The molecule has 4 rings (SSSR count). The predicted octanol–water partition coefficient (Wildman–Crippen LogP) is 3.28. The van der Waals surface area contributed by atoms with Crippen molar-refractivity contribution in [3.63, 3.8) is 0 Å². The van der Waals surface area contributed by atoms with Crippen molar-refractivity contribution in [1.82, 2.24) is 14.9 Å².